The first-order chi connectivity index (χ1) is 15.8. The van der Waals surface area contributed by atoms with Gasteiger partial charge in [-0.3, -0.25) is 9.59 Å². The normalized spacial score (nSPS) is 22.8. The average molecular weight is 474 g/mol. The van der Waals surface area contributed by atoms with Gasteiger partial charge in [-0.15, -0.1) is 0 Å². The summed E-state index contributed by atoms with van der Waals surface area (Å²) in [5.74, 6) is -0.791. The summed E-state index contributed by atoms with van der Waals surface area (Å²) in [5, 5.41) is 15.6. The van der Waals surface area contributed by atoms with Gasteiger partial charge < -0.3 is 24.6 Å². The van der Waals surface area contributed by atoms with Crippen LogP contribution < -0.4 is 10.9 Å². The molecule has 1 aliphatic carbocycles. The van der Waals surface area contributed by atoms with E-state index in [9.17, 15) is 14.7 Å². The maximum Gasteiger partial charge on any atom is 0.250 e. The summed E-state index contributed by atoms with van der Waals surface area (Å²) >= 11 is 6.51. The number of hydrogen-bond acceptors (Lipinski definition) is 5. The molecule has 1 saturated heterocycles. The van der Waals surface area contributed by atoms with Gasteiger partial charge in [-0.05, 0) is 61.1 Å². The molecule has 1 aromatic carbocycles. The van der Waals surface area contributed by atoms with Crippen LogP contribution in [0.3, 0.4) is 0 Å². The van der Waals surface area contributed by atoms with Gasteiger partial charge in [0.15, 0.2) is 0 Å². The minimum atomic E-state index is -1.40. The molecule has 2 aliphatic rings. The Bertz CT molecular complexity index is 1070. The Hall–Kier alpha value is -2.19. The summed E-state index contributed by atoms with van der Waals surface area (Å²) in [5.41, 5.74) is 0.902. The van der Waals surface area contributed by atoms with Gasteiger partial charge in [-0.25, -0.2) is 0 Å². The smallest absolute Gasteiger partial charge is 0.250 e. The van der Waals surface area contributed by atoms with Crippen molar-refractivity contribution in [3.05, 3.63) is 68.6 Å². The van der Waals surface area contributed by atoms with Crippen LogP contribution in [0.2, 0.25) is 5.02 Å². The first kappa shape index (κ1) is 24.0. The summed E-state index contributed by atoms with van der Waals surface area (Å²) in [6.45, 7) is 1.94. The SMILES string of the molecule is COCCc1ccc(Cl)c(CN(C(=O)C2CNCC[C@]2(O)c2ccn(C)c(=O)c2)C2CC2)c1. The standard InChI is InChI=1S/C25H32ClN3O4/c1-28-11-7-19(14-23(28)30)25(32)9-10-27-15-21(25)24(31)29(20-4-5-20)16-18-13-17(8-12-33-2)3-6-22(18)26/h3,6-7,11,13-14,20-21,27,32H,4-5,8-10,12,15-16H2,1-2H3/t21?,25-/m0/s1. The van der Waals surface area contributed by atoms with E-state index in [0.29, 0.717) is 43.2 Å². The largest absolute Gasteiger partial charge is 0.384 e. The number of carbonyl (C=O) groups is 1. The lowest BCUT2D eigenvalue weighted by Gasteiger charge is -2.42. The number of piperidine rings is 1. The van der Waals surface area contributed by atoms with Crippen molar-refractivity contribution >= 4 is 17.5 Å². The number of amides is 1. The molecule has 1 aromatic heterocycles. The third kappa shape index (κ3) is 5.17. The topological polar surface area (TPSA) is 83.8 Å². The number of aromatic nitrogens is 1. The number of nitrogens with zero attached hydrogens (tertiary/aromatic N) is 2. The second kappa shape index (κ2) is 9.97. The molecule has 2 fully saturated rings. The summed E-state index contributed by atoms with van der Waals surface area (Å²) in [7, 11) is 3.34. The maximum absolute atomic E-state index is 13.9. The number of ether oxygens (including phenoxy) is 1. The van der Waals surface area contributed by atoms with Gasteiger partial charge in [-0.1, -0.05) is 23.7 Å². The van der Waals surface area contributed by atoms with Crippen LogP contribution in [-0.4, -0.2) is 53.3 Å². The van der Waals surface area contributed by atoms with Crippen LogP contribution in [0.4, 0.5) is 0 Å². The van der Waals surface area contributed by atoms with Gasteiger partial charge in [0.25, 0.3) is 5.56 Å². The predicted molar refractivity (Wildman–Crippen MR) is 127 cm³/mol. The Labute approximate surface area is 199 Å². The molecular formula is C25H32ClN3O4. The van der Waals surface area contributed by atoms with Crippen LogP contribution in [0.1, 0.15) is 36.0 Å². The quantitative estimate of drug-likeness (QED) is 0.614. The molecule has 4 rings (SSSR count). The van der Waals surface area contributed by atoms with Crippen LogP contribution in [0, 0.1) is 5.92 Å². The van der Waals surface area contributed by atoms with Gasteiger partial charge in [-0.2, -0.15) is 0 Å². The highest BCUT2D eigenvalue weighted by molar-refractivity contribution is 6.31. The monoisotopic (exact) mass is 473 g/mol. The number of hydrogen-bond donors (Lipinski definition) is 2. The first-order valence-corrected chi connectivity index (χ1v) is 11.9. The molecule has 2 heterocycles. The summed E-state index contributed by atoms with van der Waals surface area (Å²) < 4.78 is 6.65. The highest BCUT2D eigenvalue weighted by Gasteiger charge is 2.48. The second-order valence-corrected chi connectivity index (χ2v) is 9.57. The Balaban J connectivity index is 1.62. The van der Waals surface area contributed by atoms with Crippen LogP contribution in [0.15, 0.2) is 41.3 Å². The van der Waals surface area contributed by atoms with Gasteiger partial charge in [0, 0.05) is 50.6 Å². The minimum absolute atomic E-state index is 0.105. The molecule has 1 unspecified atom stereocenters. The Morgan fingerprint density at radius 2 is 2.12 bits per heavy atom. The van der Waals surface area contributed by atoms with Crippen molar-refractivity contribution < 1.29 is 14.6 Å². The van der Waals surface area contributed by atoms with Crippen molar-refractivity contribution in [1.82, 2.24) is 14.8 Å². The zero-order valence-electron chi connectivity index (χ0n) is 19.2. The van der Waals surface area contributed by atoms with Crippen LogP contribution in [0.5, 0.6) is 0 Å². The Morgan fingerprint density at radius 3 is 2.82 bits per heavy atom. The number of pyridine rings is 1. The highest BCUT2D eigenvalue weighted by Crippen LogP contribution is 2.39. The average Bonchev–Trinajstić information content (AvgIpc) is 3.64. The molecule has 1 amide bonds. The van der Waals surface area contributed by atoms with Crippen molar-refractivity contribution in [3.8, 4) is 0 Å². The zero-order chi connectivity index (χ0) is 23.6. The van der Waals surface area contributed by atoms with Crippen molar-refractivity contribution in [1.29, 1.82) is 0 Å². The fraction of sp³-hybridized carbons (Fsp3) is 0.520. The lowest BCUT2D eigenvalue weighted by Crippen LogP contribution is -2.55. The van der Waals surface area contributed by atoms with Gasteiger partial charge in [0.05, 0.1) is 12.5 Å². The number of aryl methyl sites for hydroxylation is 1. The number of benzene rings is 1. The molecule has 7 nitrogen and oxygen atoms in total. The summed E-state index contributed by atoms with van der Waals surface area (Å²) in [4.78, 5) is 28.0. The van der Waals surface area contributed by atoms with Gasteiger partial charge in [0.2, 0.25) is 5.91 Å². The summed E-state index contributed by atoms with van der Waals surface area (Å²) in [6.07, 6.45) is 4.66. The maximum atomic E-state index is 13.9. The number of halogens is 1. The van der Waals surface area contributed by atoms with Crippen LogP contribution in [-0.2, 0) is 35.1 Å². The number of aliphatic hydroxyl groups is 1. The fourth-order valence-corrected chi connectivity index (χ4v) is 4.78. The number of methoxy groups -OCH3 is 1. The Morgan fingerprint density at radius 1 is 1.33 bits per heavy atom. The van der Waals surface area contributed by atoms with Crippen molar-refractivity contribution in [2.75, 3.05) is 26.8 Å². The van der Waals surface area contributed by atoms with E-state index >= 15 is 0 Å². The lowest BCUT2D eigenvalue weighted by atomic mass is 9.76. The van der Waals surface area contributed by atoms with E-state index in [1.807, 2.05) is 23.1 Å². The van der Waals surface area contributed by atoms with E-state index in [2.05, 4.69) is 5.32 Å². The lowest BCUT2D eigenvalue weighted by molar-refractivity contribution is -0.150. The van der Waals surface area contributed by atoms with Crippen molar-refractivity contribution in [3.63, 3.8) is 0 Å². The predicted octanol–water partition coefficient (Wildman–Crippen LogP) is 2.22. The second-order valence-electron chi connectivity index (χ2n) is 9.16. The molecule has 0 spiro atoms. The minimum Gasteiger partial charge on any atom is -0.384 e. The third-order valence-corrected chi connectivity index (χ3v) is 7.20. The van der Waals surface area contributed by atoms with E-state index in [-0.39, 0.29) is 17.5 Å². The molecule has 33 heavy (non-hydrogen) atoms. The highest BCUT2D eigenvalue weighted by atomic mass is 35.5. The fourth-order valence-electron chi connectivity index (χ4n) is 4.60. The zero-order valence-corrected chi connectivity index (χ0v) is 20.0. The van der Waals surface area contributed by atoms with Gasteiger partial charge >= 0.3 is 0 Å². The number of carbonyl (C=O) groups excluding carboxylic acids is 1. The number of nitrogens with one attached hydrogen (secondary N) is 1. The van der Waals surface area contributed by atoms with E-state index in [1.54, 1.807) is 26.4 Å². The van der Waals surface area contributed by atoms with Crippen LogP contribution in [0.25, 0.3) is 0 Å². The van der Waals surface area contributed by atoms with E-state index < -0.39 is 11.5 Å². The molecule has 2 atom stereocenters. The van der Waals surface area contributed by atoms with Crippen molar-refractivity contribution in [2.45, 2.75) is 43.9 Å². The molecule has 1 saturated carbocycles. The first-order valence-electron chi connectivity index (χ1n) is 11.5. The Kier molecular flexibility index (Phi) is 7.24. The number of rotatable bonds is 8. The molecule has 178 valence electrons. The summed E-state index contributed by atoms with van der Waals surface area (Å²) in [6, 6.07) is 9.22. The van der Waals surface area contributed by atoms with E-state index in [1.165, 1.54) is 10.6 Å². The van der Waals surface area contributed by atoms with Crippen LogP contribution >= 0.6 is 11.6 Å². The molecule has 0 radical (unpaired) electrons. The molecule has 2 N–H and O–H groups in total. The molecule has 2 aromatic rings. The van der Waals surface area contributed by atoms with E-state index in [4.69, 9.17) is 16.3 Å². The third-order valence-electron chi connectivity index (χ3n) is 6.83. The molecule has 8 heteroatoms. The van der Waals surface area contributed by atoms with Gasteiger partial charge in [0.1, 0.15) is 5.60 Å². The molecular weight excluding hydrogens is 442 g/mol. The van der Waals surface area contributed by atoms with Crippen molar-refractivity contribution in [2.24, 2.45) is 13.0 Å². The van der Waals surface area contributed by atoms with E-state index in [0.717, 1.165) is 30.4 Å². The molecule has 0 bridgehead atoms. The molecule has 1 aliphatic heterocycles.